The standard InChI is InChI=1S/C51H76N18O10/c1-29(70)63-35(17-9-23-59-49(53)54)43(73)67-38-20-21-41(71)58-22-8-7-16-34(42(52)72)64-48(78)40(27-31-28-62-33-15-6-5-14-32(31)33)69-45(75)37(18-10-24-60-50(55)56)66-47(77)39(26-30-12-3-2-4-13-30)68-44(74)36(65-46(38)76)19-11-25-61-51(57)79/h2-6,12-15,28,34-40,62H,7-11,16-27H2,1H3,(H2,52,72)(H,58,71)(H,63,70)(H,64,78)(H,65,76)(H,66,77)(H,67,73)(H,68,74)(H,69,75)(H4,53,54,59)(H4,55,56,60)(H3,57,61,79)/t34-,35-,36-,37-,38-,39+,40-/m0/s1. The molecule has 1 aliphatic rings. The zero-order chi connectivity index (χ0) is 57.9. The number of amides is 11. The molecule has 79 heavy (non-hydrogen) atoms. The molecule has 28 heteroatoms. The van der Waals surface area contributed by atoms with E-state index in [1.54, 1.807) is 42.6 Å². The van der Waals surface area contributed by atoms with Gasteiger partial charge in [0, 0.05) is 69.5 Å². The van der Waals surface area contributed by atoms with Gasteiger partial charge in [0.05, 0.1) is 0 Å². The molecule has 2 aromatic carbocycles. The van der Waals surface area contributed by atoms with Crippen LogP contribution in [0.4, 0.5) is 4.79 Å². The van der Waals surface area contributed by atoms with Crippen molar-refractivity contribution in [3.8, 4) is 0 Å². The summed E-state index contributed by atoms with van der Waals surface area (Å²) in [5, 5.41) is 44.9. The molecule has 1 aliphatic heterocycles. The lowest BCUT2D eigenvalue weighted by Crippen LogP contribution is -2.60. The number of guanidine groups is 2. The van der Waals surface area contributed by atoms with Gasteiger partial charge < -0.3 is 86.4 Å². The number of nitrogens with one attached hydrogen (secondary N) is 14. The van der Waals surface area contributed by atoms with E-state index in [0.717, 1.165) is 10.9 Å². The summed E-state index contributed by atoms with van der Waals surface area (Å²) < 4.78 is 0. The first-order valence-corrected chi connectivity index (χ1v) is 26.1. The maximum atomic E-state index is 14.7. The Bertz CT molecular complexity index is 2610. The fraction of sp³-hybridized carbons (Fsp3) is 0.490. The summed E-state index contributed by atoms with van der Waals surface area (Å²) in [5.41, 5.74) is 24.0. The van der Waals surface area contributed by atoms with Crippen molar-refractivity contribution in [3.05, 3.63) is 71.9 Å². The van der Waals surface area contributed by atoms with Gasteiger partial charge in [0.25, 0.3) is 0 Å². The van der Waals surface area contributed by atoms with Gasteiger partial charge in [-0.15, -0.1) is 0 Å². The maximum absolute atomic E-state index is 14.7. The number of hydrogen-bond acceptors (Lipinski definition) is 12. The molecular formula is C51H76N18O10. The third-order valence-corrected chi connectivity index (χ3v) is 12.7. The third kappa shape index (κ3) is 22.6. The molecule has 2 heterocycles. The number of H-pyrrole nitrogens is 1. The van der Waals surface area contributed by atoms with Gasteiger partial charge in [0.1, 0.15) is 42.3 Å². The van der Waals surface area contributed by atoms with Gasteiger partial charge >= 0.3 is 6.03 Å². The molecule has 28 nitrogen and oxygen atoms in total. The summed E-state index contributed by atoms with van der Waals surface area (Å²) in [4.78, 5) is 140. The zero-order valence-electron chi connectivity index (χ0n) is 44.2. The van der Waals surface area contributed by atoms with Crippen molar-refractivity contribution in [2.45, 2.75) is 133 Å². The fourth-order valence-corrected chi connectivity index (χ4v) is 8.67. The smallest absolute Gasteiger partial charge is 0.312 e. The van der Waals surface area contributed by atoms with Crippen LogP contribution in [0.1, 0.15) is 88.7 Å². The number of carbonyl (C=O) groups excluding carboxylic acids is 10. The molecule has 0 bridgehead atoms. The maximum Gasteiger partial charge on any atom is 0.312 e. The van der Waals surface area contributed by atoms with Crippen LogP contribution < -0.4 is 81.4 Å². The van der Waals surface area contributed by atoms with E-state index in [1.807, 2.05) is 18.2 Å². The predicted octanol–water partition coefficient (Wildman–Crippen LogP) is -3.09. The molecule has 1 saturated heterocycles. The highest BCUT2D eigenvalue weighted by Crippen LogP contribution is 2.20. The highest BCUT2D eigenvalue weighted by atomic mass is 16.2. The zero-order valence-corrected chi connectivity index (χ0v) is 44.2. The number of primary amides is 2. The SMILES string of the molecule is CC(=O)N[C@@H](CCCNC(=N)N)C(=O)N[C@H]1CCC(=O)NCCCC[C@@H](C(N)=O)NC(=O)[C@H](Cc2c[nH]c3ccccc23)NC(=O)[C@H](CCCNC(=N)N)NC(=O)[C@@H](Cc2ccccc2)NC(=O)[C@H](CCCNC(N)=O)NC1=O. The Morgan fingerprint density at radius 3 is 1.82 bits per heavy atom. The Morgan fingerprint density at radius 2 is 1.20 bits per heavy atom. The lowest BCUT2D eigenvalue weighted by atomic mass is 10.0. The summed E-state index contributed by atoms with van der Waals surface area (Å²) >= 11 is 0. The van der Waals surface area contributed by atoms with Gasteiger partial charge in [0.2, 0.25) is 53.2 Å². The van der Waals surface area contributed by atoms with Crippen LogP contribution in [0.15, 0.2) is 60.8 Å². The van der Waals surface area contributed by atoms with Gasteiger partial charge in [-0.2, -0.15) is 0 Å². The molecule has 0 aliphatic carbocycles. The van der Waals surface area contributed by atoms with Crippen LogP contribution in [0, 0.1) is 10.8 Å². The number of benzene rings is 2. The Labute approximate surface area is 456 Å². The average molecular weight is 1100 g/mol. The van der Waals surface area contributed by atoms with Crippen LogP contribution in [0.5, 0.6) is 0 Å². The van der Waals surface area contributed by atoms with Crippen molar-refractivity contribution in [2.24, 2.45) is 22.9 Å². The second-order valence-corrected chi connectivity index (χ2v) is 19.1. The lowest BCUT2D eigenvalue weighted by molar-refractivity contribution is -0.136. The molecule has 1 aromatic heterocycles. The summed E-state index contributed by atoms with van der Waals surface area (Å²) in [5.74, 6) is -7.73. The van der Waals surface area contributed by atoms with Crippen molar-refractivity contribution < 1.29 is 47.9 Å². The van der Waals surface area contributed by atoms with Crippen LogP contribution in [-0.4, -0.2) is 145 Å². The minimum atomic E-state index is -1.51. The second kappa shape index (κ2) is 32.6. The number of urea groups is 1. The van der Waals surface area contributed by atoms with Gasteiger partial charge in [-0.05, 0) is 81.4 Å². The molecule has 0 unspecified atom stereocenters. The third-order valence-electron chi connectivity index (χ3n) is 12.7. The largest absolute Gasteiger partial charge is 0.370 e. The summed E-state index contributed by atoms with van der Waals surface area (Å²) in [6.07, 6.45) is 1.65. The number of carbonyl (C=O) groups is 10. The Kier molecular flexibility index (Phi) is 25.8. The highest BCUT2D eigenvalue weighted by molar-refractivity contribution is 5.98. The molecule has 3 aromatic rings. The van der Waals surface area contributed by atoms with E-state index < -0.39 is 101 Å². The van der Waals surface area contributed by atoms with Gasteiger partial charge in [-0.25, -0.2) is 4.79 Å². The topological polar surface area (TPSA) is 471 Å². The van der Waals surface area contributed by atoms with E-state index in [4.69, 9.17) is 33.8 Å². The predicted molar refractivity (Wildman–Crippen MR) is 292 cm³/mol. The number of fused-ring (bicyclic) bond motifs is 1. The van der Waals surface area contributed by atoms with Crippen molar-refractivity contribution >= 4 is 82.0 Å². The van der Waals surface area contributed by atoms with Crippen molar-refractivity contribution in [1.82, 2.24) is 63.5 Å². The monoisotopic (exact) mass is 1100 g/mol. The van der Waals surface area contributed by atoms with Crippen molar-refractivity contribution in [3.63, 3.8) is 0 Å². The fourth-order valence-electron chi connectivity index (χ4n) is 8.67. The average Bonchev–Trinajstić information content (AvgIpc) is 3.82. The van der Waals surface area contributed by atoms with Gasteiger partial charge in [-0.1, -0.05) is 48.5 Å². The molecule has 22 N–H and O–H groups in total. The number of aromatic nitrogens is 1. The van der Waals surface area contributed by atoms with E-state index in [9.17, 15) is 47.9 Å². The number of nitrogens with two attached hydrogens (primary N) is 4. The molecule has 430 valence electrons. The Morgan fingerprint density at radius 1 is 0.646 bits per heavy atom. The molecule has 0 spiro atoms. The molecule has 0 saturated carbocycles. The molecule has 7 atom stereocenters. The van der Waals surface area contributed by atoms with Crippen LogP contribution >= 0.6 is 0 Å². The van der Waals surface area contributed by atoms with E-state index in [-0.39, 0.29) is 115 Å². The van der Waals surface area contributed by atoms with Crippen molar-refractivity contribution in [2.75, 3.05) is 26.2 Å². The molecule has 11 amide bonds. The quantitative estimate of drug-likeness (QED) is 0.0303. The first-order chi connectivity index (χ1) is 37.7. The highest BCUT2D eigenvalue weighted by Gasteiger charge is 2.35. The number of para-hydroxylation sites is 1. The van der Waals surface area contributed by atoms with Gasteiger partial charge in [0.15, 0.2) is 11.9 Å². The number of rotatable bonds is 20. The van der Waals surface area contributed by atoms with E-state index >= 15 is 0 Å². The summed E-state index contributed by atoms with van der Waals surface area (Å²) in [6, 6.07) is 5.39. The molecule has 4 rings (SSSR count). The summed E-state index contributed by atoms with van der Waals surface area (Å²) in [7, 11) is 0. The minimum Gasteiger partial charge on any atom is -0.370 e. The van der Waals surface area contributed by atoms with Crippen LogP contribution in [0.2, 0.25) is 0 Å². The molecule has 1 fully saturated rings. The summed E-state index contributed by atoms with van der Waals surface area (Å²) in [6.45, 7) is 1.50. The van der Waals surface area contributed by atoms with Gasteiger partial charge in [-0.3, -0.25) is 54.0 Å². The first-order valence-electron chi connectivity index (χ1n) is 26.1. The van der Waals surface area contributed by atoms with E-state index in [1.165, 1.54) is 6.92 Å². The van der Waals surface area contributed by atoms with Crippen LogP contribution in [-0.2, 0) is 56.0 Å². The second-order valence-electron chi connectivity index (χ2n) is 19.1. The van der Waals surface area contributed by atoms with E-state index in [2.05, 4.69) is 63.5 Å². The Hall–Kier alpha value is -8.98. The lowest BCUT2D eigenvalue weighted by Gasteiger charge is -2.28. The minimum absolute atomic E-state index is 0.0347. The number of aromatic amines is 1. The number of hydrogen-bond donors (Lipinski definition) is 18. The normalized spacial score (nSPS) is 20.7. The Balaban J connectivity index is 1.78. The molecule has 0 radical (unpaired) electrons. The van der Waals surface area contributed by atoms with E-state index in [0.29, 0.717) is 17.5 Å². The first kappa shape index (κ1) is 62.6. The van der Waals surface area contributed by atoms with Crippen LogP contribution in [0.25, 0.3) is 10.9 Å². The molecular weight excluding hydrogens is 1020 g/mol. The van der Waals surface area contributed by atoms with Crippen LogP contribution in [0.3, 0.4) is 0 Å². The van der Waals surface area contributed by atoms with Crippen molar-refractivity contribution in [1.29, 1.82) is 10.8 Å².